The largest absolute Gasteiger partial charge is 0.506 e. The van der Waals surface area contributed by atoms with Crippen LogP contribution in [0, 0.1) is 17.0 Å². The van der Waals surface area contributed by atoms with Gasteiger partial charge >= 0.3 is 5.69 Å². The molecule has 0 aromatic heterocycles. The third-order valence-electron chi connectivity index (χ3n) is 3.21. The minimum absolute atomic E-state index is 0.00704. The van der Waals surface area contributed by atoms with Crippen LogP contribution in [0.25, 0.3) is 0 Å². The smallest absolute Gasteiger partial charge is 0.312 e. The number of nitro benzene ring substituents is 1. The van der Waals surface area contributed by atoms with Gasteiger partial charge in [-0.1, -0.05) is 37.0 Å². The molecular formula is C16H18Cl2N2O4. The van der Waals surface area contributed by atoms with E-state index >= 15 is 0 Å². The molecule has 0 aliphatic heterocycles. The van der Waals surface area contributed by atoms with Crippen LogP contribution in [0.5, 0.6) is 11.5 Å². The van der Waals surface area contributed by atoms with Crippen LogP contribution in [0.4, 0.5) is 11.4 Å². The number of nitrogen functional groups attached to an aromatic ring is 1. The Kier molecular flexibility index (Phi) is 6.69. The molecule has 0 aliphatic carbocycles. The number of phenolic OH excluding ortho intramolecular Hbond substituents is 2. The molecule has 0 unspecified atom stereocenters. The average molecular weight is 373 g/mol. The second-order valence-electron chi connectivity index (χ2n) is 5.43. The summed E-state index contributed by atoms with van der Waals surface area (Å²) in [5.74, 6) is -0.219. The first-order valence-electron chi connectivity index (χ1n) is 6.96. The summed E-state index contributed by atoms with van der Waals surface area (Å²) in [4.78, 5) is 9.89. The summed E-state index contributed by atoms with van der Waals surface area (Å²) >= 11 is 11.4. The van der Waals surface area contributed by atoms with Crippen molar-refractivity contribution in [3.63, 3.8) is 0 Å². The zero-order valence-corrected chi connectivity index (χ0v) is 14.9. The minimum atomic E-state index is -0.646. The van der Waals surface area contributed by atoms with Gasteiger partial charge in [0.05, 0.1) is 10.6 Å². The summed E-state index contributed by atoms with van der Waals surface area (Å²) in [5, 5.41) is 30.0. The van der Waals surface area contributed by atoms with Crippen LogP contribution in [-0.4, -0.2) is 15.1 Å². The summed E-state index contributed by atoms with van der Waals surface area (Å²) < 4.78 is 0. The van der Waals surface area contributed by atoms with E-state index in [4.69, 9.17) is 34.0 Å². The number of halogens is 2. The van der Waals surface area contributed by atoms with Gasteiger partial charge in [-0.25, -0.2) is 0 Å². The summed E-state index contributed by atoms with van der Waals surface area (Å²) in [7, 11) is 0. The molecule has 0 saturated heterocycles. The molecule has 0 fully saturated rings. The zero-order chi connectivity index (χ0) is 18.6. The molecule has 24 heavy (non-hydrogen) atoms. The predicted molar refractivity (Wildman–Crippen MR) is 96.1 cm³/mol. The molecule has 2 rings (SSSR count). The van der Waals surface area contributed by atoms with Crippen molar-refractivity contribution >= 4 is 34.6 Å². The molecule has 0 saturated carbocycles. The predicted octanol–water partition coefficient (Wildman–Crippen LogP) is 5.01. The summed E-state index contributed by atoms with van der Waals surface area (Å²) in [6.07, 6.45) is 0. The lowest BCUT2D eigenvalue weighted by molar-refractivity contribution is -0.385. The number of nitrogens with two attached hydrogens (primary N) is 1. The van der Waals surface area contributed by atoms with E-state index in [1.807, 2.05) is 20.8 Å². The van der Waals surface area contributed by atoms with Gasteiger partial charge in [0.2, 0.25) is 0 Å². The number of hydrogen-bond donors (Lipinski definition) is 3. The van der Waals surface area contributed by atoms with E-state index in [2.05, 4.69) is 0 Å². The van der Waals surface area contributed by atoms with Crippen molar-refractivity contribution < 1.29 is 15.1 Å². The Morgan fingerprint density at radius 1 is 1.17 bits per heavy atom. The highest BCUT2D eigenvalue weighted by atomic mass is 35.5. The fraction of sp³-hybridized carbons (Fsp3) is 0.250. The fourth-order valence-electron chi connectivity index (χ4n) is 1.87. The van der Waals surface area contributed by atoms with E-state index in [1.54, 1.807) is 0 Å². The average Bonchev–Trinajstić information content (AvgIpc) is 2.47. The van der Waals surface area contributed by atoms with Gasteiger partial charge in [0.15, 0.2) is 5.75 Å². The molecular weight excluding hydrogens is 355 g/mol. The molecule has 0 amide bonds. The van der Waals surface area contributed by atoms with Crippen LogP contribution in [0.15, 0.2) is 24.3 Å². The first-order valence-corrected chi connectivity index (χ1v) is 7.71. The summed E-state index contributed by atoms with van der Waals surface area (Å²) in [6.45, 7) is 5.46. The van der Waals surface area contributed by atoms with Gasteiger partial charge in [0.1, 0.15) is 5.75 Å². The van der Waals surface area contributed by atoms with Crippen LogP contribution >= 0.6 is 23.2 Å². The molecule has 0 bridgehead atoms. The van der Waals surface area contributed by atoms with Crippen molar-refractivity contribution in [1.82, 2.24) is 0 Å². The quantitative estimate of drug-likeness (QED) is 0.297. The maximum atomic E-state index is 10.5. The number of nitrogens with zero attached hydrogens (tertiary/aromatic N) is 1. The number of anilines is 1. The molecule has 4 N–H and O–H groups in total. The fourth-order valence-corrected chi connectivity index (χ4v) is 2.26. The number of hydrogen-bond acceptors (Lipinski definition) is 5. The van der Waals surface area contributed by atoms with E-state index in [-0.39, 0.29) is 28.1 Å². The Balaban J connectivity index is 0.000000254. The number of aromatic hydroxyl groups is 2. The van der Waals surface area contributed by atoms with Gasteiger partial charge < -0.3 is 15.9 Å². The second-order valence-corrected chi connectivity index (χ2v) is 6.28. The van der Waals surface area contributed by atoms with Crippen LogP contribution in [-0.2, 0) is 0 Å². The summed E-state index contributed by atoms with van der Waals surface area (Å²) in [6, 6.07) is 5.75. The molecule has 2 aromatic rings. The lowest BCUT2D eigenvalue weighted by atomic mass is 10.0. The van der Waals surface area contributed by atoms with Crippen molar-refractivity contribution in [2.75, 3.05) is 5.73 Å². The van der Waals surface area contributed by atoms with Crippen molar-refractivity contribution in [2.45, 2.75) is 26.7 Å². The molecule has 0 aliphatic rings. The molecule has 0 radical (unpaired) electrons. The highest BCUT2D eigenvalue weighted by Crippen LogP contribution is 2.36. The Bertz CT molecular complexity index is 714. The van der Waals surface area contributed by atoms with Crippen molar-refractivity contribution in [2.24, 2.45) is 0 Å². The van der Waals surface area contributed by atoms with Crippen LogP contribution < -0.4 is 5.73 Å². The first-order chi connectivity index (χ1) is 11.0. The lowest BCUT2D eigenvalue weighted by Gasteiger charge is -2.08. The van der Waals surface area contributed by atoms with Crippen LogP contribution in [0.1, 0.15) is 30.9 Å². The van der Waals surface area contributed by atoms with Crippen LogP contribution in [0.3, 0.4) is 0 Å². The lowest BCUT2D eigenvalue weighted by Crippen LogP contribution is -1.94. The molecule has 130 valence electrons. The second kappa shape index (κ2) is 8.08. The first kappa shape index (κ1) is 19.9. The third-order valence-corrected chi connectivity index (χ3v) is 3.84. The molecule has 0 spiro atoms. The molecule has 8 heteroatoms. The Morgan fingerprint density at radius 3 is 2.21 bits per heavy atom. The Labute approximate surface area is 149 Å². The summed E-state index contributed by atoms with van der Waals surface area (Å²) in [5.41, 5.74) is 6.64. The number of aryl methyl sites for hydroxylation is 1. The van der Waals surface area contributed by atoms with E-state index in [0.29, 0.717) is 16.3 Å². The maximum Gasteiger partial charge on any atom is 0.312 e. The van der Waals surface area contributed by atoms with E-state index < -0.39 is 4.92 Å². The number of benzene rings is 2. The zero-order valence-electron chi connectivity index (χ0n) is 13.4. The van der Waals surface area contributed by atoms with E-state index in [1.165, 1.54) is 18.2 Å². The number of rotatable bonds is 2. The highest BCUT2D eigenvalue weighted by molar-refractivity contribution is 6.31. The van der Waals surface area contributed by atoms with Crippen molar-refractivity contribution in [1.29, 1.82) is 0 Å². The van der Waals surface area contributed by atoms with Gasteiger partial charge in [0, 0.05) is 21.7 Å². The standard InChI is InChI=1S/C9H10ClNO3.C7H8ClNO/c1-5(2)7-3-6(10)4-8(9(7)12)11(13)14;1-4-2-7(10)6(9)3-5(4)8/h3-5,12H,1-2H3;2-3,10H,9H2,1H3. The Hall–Kier alpha value is -2.18. The molecule has 0 heterocycles. The van der Waals surface area contributed by atoms with Gasteiger partial charge in [-0.15, -0.1) is 0 Å². The van der Waals surface area contributed by atoms with Gasteiger partial charge in [-0.3, -0.25) is 10.1 Å². The van der Waals surface area contributed by atoms with Crippen molar-refractivity contribution in [3.05, 3.63) is 55.6 Å². The number of nitro groups is 1. The Morgan fingerprint density at radius 2 is 1.75 bits per heavy atom. The van der Waals surface area contributed by atoms with Gasteiger partial charge in [-0.2, -0.15) is 0 Å². The van der Waals surface area contributed by atoms with Crippen LogP contribution in [0.2, 0.25) is 10.0 Å². The molecule has 6 nitrogen and oxygen atoms in total. The highest BCUT2D eigenvalue weighted by Gasteiger charge is 2.19. The van der Waals surface area contributed by atoms with E-state index in [9.17, 15) is 15.2 Å². The van der Waals surface area contributed by atoms with Crippen molar-refractivity contribution in [3.8, 4) is 11.5 Å². The number of phenols is 2. The minimum Gasteiger partial charge on any atom is -0.506 e. The SMILES string of the molecule is CC(C)c1cc(Cl)cc([N+](=O)[O-])c1O.Cc1cc(O)c(N)cc1Cl. The van der Waals surface area contributed by atoms with Gasteiger partial charge in [0.25, 0.3) is 0 Å². The molecule has 0 atom stereocenters. The molecule has 2 aromatic carbocycles. The van der Waals surface area contributed by atoms with Gasteiger partial charge in [-0.05, 0) is 36.6 Å². The normalized spacial score (nSPS) is 10.2. The monoisotopic (exact) mass is 372 g/mol. The van der Waals surface area contributed by atoms with E-state index in [0.717, 1.165) is 11.6 Å². The maximum absolute atomic E-state index is 10.5. The third kappa shape index (κ3) is 4.91. The topological polar surface area (TPSA) is 110 Å².